The summed E-state index contributed by atoms with van der Waals surface area (Å²) in [5.41, 5.74) is 8.80. The maximum Gasteiger partial charge on any atom is 0.253 e. The maximum atomic E-state index is 5.99. The number of hydrogen-bond donors (Lipinski definition) is 1. The zero-order chi connectivity index (χ0) is 13.4. The third-order valence-corrected chi connectivity index (χ3v) is 4.24. The molecule has 0 saturated heterocycles. The van der Waals surface area contributed by atoms with Gasteiger partial charge in [0.05, 0.1) is 0 Å². The second-order valence-electron chi connectivity index (χ2n) is 4.24. The highest BCUT2D eigenvalue weighted by molar-refractivity contribution is 7.99. The zero-order valence-electron chi connectivity index (χ0n) is 10.7. The first kappa shape index (κ1) is 12.0. The van der Waals surface area contributed by atoms with Gasteiger partial charge in [-0.25, -0.2) is 4.98 Å². The van der Waals surface area contributed by atoms with Crippen LogP contribution in [0.1, 0.15) is 11.3 Å². The van der Waals surface area contributed by atoms with Crippen LogP contribution < -0.4 is 5.73 Å². The number of fused-ring (bicyclic) bond motifs is 1. The van der Waals surface area contributed by atoms with Crippen molar-refractivity contribution in [2.24, 2.45) is 0 Å². The molecule has 3 aromatic rings. The first-order chi connectivity index (χ1) is 9.16. The number of rotatable bonds is 2. The summed E-state index contributed by atoms with van der Waals surface area (Å²) in [7, 11) is 0. The molecule has 2 aromatic heterocycles. The lowest BCUT2D eigenvalue weighted by molar-refractivity contribution is 0.814. The molecule has 1 aromatic carbocycles. The Morgan fingerprint density at radius 1 is 1.21 bits per heavy atom. The Bertz CT molecular complexity index is 750. The largest absolute Gasteiger partial charge is 0.398 e. The quantitative estimate of drug-likeness (QED) is 0.573. The van der Waals surface area contributed by atoms with Gasteiger partial charge in [-0.05, 0) is 26.0 Å². The van der Waals surface area contributed by atoms with Gasteiger partial charge in [-0.3, -0.25) is 0 Å². The Balaban J connectivity index is 2.17. The Labute approximate surface area is 114 Å². The van der Waals surface area contributed by atoms with E-state index in [1.807, 2.05) is 38.1 Å². The summed E-state index contributed by atoms with van der Waals surface area (Å²) in [6.45, 7) is 4.01. The summed E-state index contributed by atoms with van der Waals surface area (Å²) in [5.74, 6) is 0.611. The molecule has 0 radical (unpaired) electrons. The molecule has 0 aliphatic heterocycles. The van der Waals surface area contributed by atoms with Crippen LogP contribution in [0.2, 0.25) is 0 Å². The number of nitrogens with two attached hydrogens (primary N) is 1. The van der Waals surface area contributed by atoms with Gasteiger partial charge in [0.25, 0.3) is 5.78 Å². The van der Waals surface area contributed by atoms with Gasteiger partial charge in [0.15, 0.2) is 0 Å². The molecule has 3 rings (SSSR count). The van der Waals surface area contributed by atoms with Gasteiger partial charge in [0.2, 0.25) is 0 Å². The molecule has 96 valence electrons. The molecular formula is C13H13N5S. The van der Waals surface area contributed by atoms with E-state index in [9.17, 15) is 0 Å². The lowest BCUT2D eigenvalue weighted by atomic mass is 10.3. The van der Waals surface area contributed by atoms with Crippen LogP contribution >= 0.6 is 11.8 Å². The van der Waals surface area contributed by atoms with Crippen molar-refractivity contribution >= 4 is 23.2 Å². The summed E-state index contributed by atoms with van der Waals surface area (Å²) in [4.78, 5) is 9.55. The lowest BCUT2D eigenvalue weighted by Gasteiger charge is -2.10. The fourth-order valence-corrected chi connectivity index (χ4v) is 2.86. The van der Waals surface area contributed by atoms with Crippen LogP contribution in [0, 0.1) is 13.8 Å². The number of anilines is 1. The predicted molar refractivity (Wildman–Crippen MR) is 75.2 cm³/mol. The van der Waals surface area contributed by atoms with E-state index in [-0.39, 0.29) is 0 Å². The standard InChI is InChI=1S/C13H13N5S/c1-8-9(2)17-13-15-7-16-18(13)12(8)19-11-6-4-3-5-10(11)14/h3-7H,14H2,1-2H3. The second-order valence-corrected chi connectivity index (χ2v) is 5.27. The molecule has 0 fully saturated rings. The predicted octanol–water partition coefficient (Wildman–Crippen LogP) is 2.47. The average molecular weight is 271 g/mol. The third kappa shape index (κ3) is 2.04. The molecule has 0 aliphatic carbocycles. The normalized spacial score (nSPS) is 11.1. The fraction of sp³-hybridized carbons (Fsp3) is 0.154. The van der Waals surface area contributed by atoms with E-state index in [1.165, 1.54) is 6.33 Å². The zero-order valence-corrected chi connectivity index (χ0v) is 11.5. The van der Waals surface area contributed by atoms with Crippen LogP contribution in [-0.4, -0.2) is 19.6 Å². The van der Waals surface area contributed by atoms with Gasteiger partial charge in [0.1, 0.15) is 11.4 Å². The van der Waals surface area contributed by atoms with Crippen LogP contribution in [-0.2, 0) is 0 Å². The van der Waals surface area contributed by atoms with Gasteiger partial charge >= 0.3 is 0 Å². The van der Waals surface area contributed by atoms with E-state index in [0.29, 0.717) is 5.78 Å². The Hall–Kier alpha value is -2.08. The van der Waals surface area contributed by atoms with Crippen molar-refractivity contribution in [1.29, 1.82) is 0 Å². The van der Waals surface area contributed by atoms with Crippen LogP contribution in [0.25, 0.3) is 5.78 Å². The number of nitrogens with zero attached hydrogens (tertiary/aromatic N) is 4. The van der Waals surface area contributed by atoms with Crippen LogP contribution in [0.4, 0.5) is 5.69 Å². The highest BCUT2D eigenvalue weighted by Gasteiger charge is 2.13. The molecule has 5 nitrogen and oxygen atoms in total. The SMILES string of the molecule is Cc1nc2ncnn2c(Sc2ccccc2N)c1C. The summed E-state index contributed by atoms with van der Waals surface area (Å²) in [5, 5.41) is 5.23. The fourth-order valence-electron chi connectivity index (χ4n) is 1.80. The summed E-state index contributed by atoms with van der Waals surface area (Å²) >= 11 is 1.58. The Kier molecular flexibility index (Phi) is 2.87. The number of benzene rings is 1. The van der Waals surface area contributed by atoms with Gasteiger partial charge in [-0.2, -0.15) is 14.6 Å². The van der Waals surface area contributed by atoms with Gasteiger partial charge in [0, 0.05) is 21.8 Å². The molecule has 2 heterocycles. The van der Waals surface area contributed by atoms with Gasteiger partial charge in [-0.15, -0.1) is 0 Å². The van der Waals surface area contributed by atoms with Crippen molar-refractivity contribution in [3.8, 4) is 0 Å². The summed E-state index contributed by atoms with van der Waals surface area (Å²) in [6, 6.07) is 7.79. The van der Waals surface area contributed by atoms with Crippen molar-refractivity contribution < 1.29 is 0 Å². The monoisotopic (exact) mass is 271 g/mol. The lowest BCUT2D eigenvalue weighted by Crippen LogP contribution is -2.02. The molecule has 0 aliphatic rings. The van der Waals surface area contributed by atoms with Crippen molar-refractivity contribution in [3.63, 3.8) is 0 Å². The molecule has 0 amide bonds. The first-order valence-corrected chi connectivity index (χ1v) is 6.68. The molecular weight excluding hydrogens is 258 g/mol. The molecule has 6 heteroatoms. The number of para-hydroxylation sites is 1. The highest BCUT2D eigenvalue weighted by Crippen LogP contribution is 2.34. The topological polar surface area (TPSA) is 69.1 Å². The van der Waals surface area contributed by atoms with Crippen LogP contribution in [0.5, 0.6) is 0 Å². The van der Waals surface area contributed by atoms with E-state index >= 15 is 0 Å². The Morgan fingerprint density at radius 2 is 2.00 bits per heavy atom. The molecule has 19 heavy (non-hydrogen) atoms. The second kappa shape index (κ2) is 4.55. The number of aryl methyl sites for hydroxylation is 1. The van der Waals surface area contributed by atoms with Gasteiger partial charge < -0.3 is 5.73 Å². The molecule has 0 saturated carbocycles. The van der Waals surface area contributed by atoms with Crippen molar-refractivity contribution in [3.05, 3.63) is 41.9 Å². The van der Waals surface area contributed by atoms with Crippen molar-refractivity contribution in [2.45, 2.75) is 23.8 Å². The molecule has 0 atom stereocenters. The summed E-state index contributed by atoms with van der Waals surface area (Å²) < 4.78 is 1.75. The maximum absolute atomic E-state index is 5.99. The summed E-state index contributed by atoms with van der Waals surface area (Å²) in [6.07, 6.45) is 1.51. The molecule has 0 bridgehead atoms. The van der Waals surface area contributed by atoms with E-state index in [2.05, 4.69) is 15.1 Å². The third-order valence-electron chi connectivity index (χ3n) is 2.98. The first-order valence-electron chi connectivity index (χ1n) is 5.86. The minimum absolute atomic E-state index is 0.611. The average Bonchev–Trinajstić information content (AvgIpc) is 2.85. The van der Waals surface area contributed by atoms with E-state index in [1.54, 1.807) is 16.3 Å². The minimum Gasteiger partial charge on any atom is -0.398 e. The van der Waals surface area contributed by atoms with Crippen molar-refractivity contribution in [2.75, 3.05) is 5.73 Å². The molecule has 2 N–H and O–H groups in total. The van der Waals surface area contributed by atoms with Crippen LogP contribution in [0.3, 0.4) is 0 Å². The van der Waals surface area contributed by atoms with E-state index < -0.39 is 0 Å². The molecule has 0 spiro atoms. The van der Waals surface area contributed by atoms with E-state index in [0.717, 1.165) is 26.9 Å². The minimum atomic E-state index is 0.611. The van der Waals surface area contributed by atoms with Crippen molar-refractivity contribution in [1.82, 2.24) is 19.6 Å². The highest BCUT2D eigenvalue weighted by atomic mass is 32.2. The van der Waals surface area contributed by atoms with E-state index in [4.69, 9.17) is 5.73 Å². The van der Waals surface area contributed by atoms with Crippen LogP contribution in [0.15, 0.2) is 40.5 Å². The Morgan fingerprint density at radius 3 is 2.79 bits per heavy atom. The number of hydrogen-bond acceptors (Lipinski definition) is 5. The number of nitrogen functional groups attached to an aromatic ring is 1. The number of aromatic nitrogens is 4. The smallest absolute Gasteiger partial charge is 0.253 e. The van der Waals surface area contributed by atoms with Gasteiger partial charge in [-0.1, -0.05) is 23.9 Å². The molecule has 0 unspecified atom stereocenters.